The molecule has 2 atom stereocenters. The summed E-state index contributed by atoms with van der Waals surface area (Å²) in [5.41, 5.74) is 1.08. The van der Waals surface area contributed by atoms with E-state index in [2.05, 4.69) is 4.90 Å². The molecule has 0 aromatic heterocycles. The van der Waals surface area contributed by atoms with E-state index in [4.69, 9.17) is 33.3 Å². The highest BCUT2D eigenvalue weighted by molar-refractivity contribution is 7.80. The van der Waals surface area contributed by atoms with Crippen LogP contribution >= 0.6 is 23.8 Å². The van der Waals surface area contributed by atoms with Crippen molar-refractivity contribution >= 4 is 34.8 Å². The summed E-state index contributed by atoms with van der Waals surface area (Å²) in [6.07, 6.45) is 0.977. The van der Waals surface area contributed by atoms with E-state index in [1.807, 2.05) is 24.3 Å². The van der Waals surface area contributed by atoms with Gasteiger partial charge in [-0.2, -0.15) is 0 Å². The Hall–Kier alpha value is -1.21. The summed E-state index contributed by atoms with van der Waals surface area (Å²) in [5, 5.41) is 9.92. The molecule has 0 radical (unpaired) electrons. The summed E-state index contributed by atoms with van der Waals surface area (Å²) in [6, 6.07) is 7.77. The average Bonchev–Trinajstić information content (AvgIpc) is 3.02. The predicted molar refractivity (Wildman–Crippen MR) is 101 cm³/mol. The molecule has 0 saturated carbocycles. The lowest BCUT2D eigenvalue weighted by molar-refractivity contribution is -0.212. The Morgan fingerprint density at radius 1 is 1.52 bits per heavy atom. The Bertz CT molecular complexity index is 637. The van der Waals surface area contributed by atoms with Gasteiger partial charge in [-0.15, -0.1) is 0 Å². The topological polar surface area (TPSA) is 59.0 Å². The van der Waals surface area contributed by atoms with Gasteiger partial charge in [-0.3, -0.25) is 4.79 Å². The van der Waals surface area contributed by atoms with Gasteiger partial charge in [0.25, 0.3) is 0 Å². The number of carboxylic acids is 1. The second-order valence-electron chi connectivity index (χ2n) is 6.55. The molecule has 138 valence electrons. The number of aliphatic carboxylic acids is 1. The van der Waals surface area contributed by atoms with Crippen molar-refractivity contribution in [2.45, 2.75) is 51.0 Å². The molecular formula is C18H24ClNO4S. The van der Waals surface area contributed by atoms with Crippen molar-refractivity contribution in [1.82, 2.24) is 4.90 Å². The second kappa shape index (κ2) is 8.45. The maximum absolute atomic E-state index is 11.3. The van der Waals surface area contributed by atoms with Gasteiger partial charge in [-0.1, -0.05) is 36.0 Å². The molecule has 1 aromatic carbocycles. The average molecular weight is 386 g/mol. The minimum Gasteiger partial charge on any atom is -0.481 e. The van der Waals surface area contributed by atoms with Gasteiger partial charge in [-0.05, 0) is 44.4 Å². The number of hydrogen-bond donors (Lipinski definition) is 1. The third kappa shape index (κ3) is 5.38. The summed E-state index contributed by atoms with van der Waals surface area (Å²) >= 11 is 11.7. The second-order valence-corrected chi connectivity index (χ2v) is 7.41. The van der Waals surface area contributed by atoms with Crippen molar-refractivity contribution in [3.63, 3.8) is 0 Å². The van der Waals surface area contributed by atoms with Gasteiger partial charge < -0.3 is 19.5 Å². The van der Waals surface area contributed by atoms with Crippen molar-refractivity contribution in [1.29, 1.82) is 0 Å². The predicted octanol–water partition coefficient (Wildman–Crippen LogP) is 4.05. The number of hydrogen-bond acceptors (Lipinski definition) is 4. The van der Waals surface area contributed by atoms with Crippen LogP contribution in [-0.2, 0) is 14.3 Å². The highest BCUT2D eigenvalue weighted by Gasteiger charge is 2.35. The van der Waals surface area contributed by atoms with E-state index in [9.17, 15) is 9.90 Å². The van der Waals surface area contributed by atoms with Gasteiger partial charge in [0, 0.05) is 18.7 Å². The first-order valence-corrected chi connectivity index (χ1v) is 9.03. The van der Waals surface area contributed by atoms with E-state index in [0.29, 0.717) is 10.0 Å². The van der Waals surface area contributed by atoms with Crippen molar-refractivity contribution in [3.8, 4) is 0 Å². The normalized spacial score (nSPS) is 19.0. The molecule has 1 heterocycles. The number of thiocarbonyl (C=S) groups is 1. The maximum Gasteiger partial charge on any atom is 0.306 e. The zero-order chi connectivity index (χ0) is 18.6. The molecule has 25 heavy (non-hydrogen) atoms. The third-order valence-electron chi connectivity index (χ3n) is 4.32. The number of halogens is 1. The van der Waals surface area contributed by atoms with Crippen molar-refractivity contribution in [3.05, 3.63) is 34.9 Å². The molecule has 0 spiro atoms. The number of benzene rings is 1. The first-order chi connectivity index (χ1) is 11.7. The van der Waals surface area contributed by atoms with E-state index in [1.165, 1.54) is 7.11 Å². The number of carbonyl (C=O) groups is 1. The number of carboxylic acid groups (broad SMARTS) is 1. The van der Waals surface area contributed by atoms with Gasteiger partial charge in [-0.25, -0.2) is 0 Å². The standard InChI is InChI=1S/C18H24ClNO4S/c1-18(2,23-3)24-15(11-16(21)22)17(25)20-9-5-8-14(20)12-6-4-7-13(19)10-12/h4,6-7,10,14-15H,5,8-9,11H2,1-3H3,(H,21,22)/t14?,15-/m1/s1. The van der Waals surface area contributed by atoms with E-state index in [-0.39, 0.29) is 12.5 Å². The van der Waals surface area contributed by atoms with Gasteiger partial charge in [0.15, 0.2) is 5.79 Å². The summed E-state index contributed by atoms with van der Waals surface area (Å²) in [5.74, 6) is -1.88. The molecule has 1 fully saturated rings. The van der Waals surface area contributed by atoms with E-state index in [1.54, 1.807) is 13.8 Å². The molecule has 1 aliphatic rings. The number of likely N-dealkylation sites (tertiary alicyclic amines) is 1. The summed E-state index contributed by atoms with van der Waals surface area (Å²) in [6.45, 7) is 4.24. The molecule has 1 aromatic rings. The monoisotopic (exact) mass is 385 g/mol. The Balaban J connectivity index is 2.22. The molecule has 1 aliphatic heterocycles. The third-order valence-corrected chi connectivity index (χ3v) is 5.05. The SMILES string of the molecule is COC(C)(C)O[C@H](CC(=O)O)C(=S)N1CCCC1c1cccc(Cl)c1. The van der Waals surface area contributed by atoms with Crippen molar-refractivity contribution in [2.24, 2.45) is 0 Å². The fourth-order valence-electron chi connectivity index (χ4n) is 3.00. The van der Waals surface area contributed by atoms with Crippen LogP contribution < -0.4 is 0 Å². The zero-order valence-electron chi connectivity index (χ0n) is 14.7. The number of ether oxygens (including phenoxy) is 2. The fourth-order valence-corrected chi connectivity index (χ4v) is 3.55. The lowest BCUT2D eigenvalue weighted by Gasteiger charge is -2.35. The van der Waals surface area contributed by atoms with E-state index >= 15 is 0 Å². The summed E-state index contributed by atoms with van der Waals surface area (Å²) in [7, 11) is 1.52. The van der Waals surface area contributed by atoms with Crippen LogP contribution in [0.2, 0.25) is 5.02 Å². The molecular weight excluding hydrogens is 362 g/mol. The van der Waals surface area contributed by atoms with Gasteiger partial charge in [0.05, 0.1) is 12.5 Å². The Labute approximate surface area is 158 Å². The van der Waals surface area contributed by atoms with Crippen LogP contribution in [0.25, 0.3) is 0 Å². The number of nitrogens with zero attached hydrogens (tertiary/aromatic N) is 1. The minimum absolute atomic E-state index is 0.0803. The van der Waals surface area contributed by atoms with Crippen LogP contribution in [0.1, 0.15) is 44.7 Å². The smallest absolute Gasteiger partial charge is 0.306 e. The quantitative estimate of drug-likeness (QED) is 0.564. The van der Waals surface area contributed by atoms with Crippen LogP contribution in [0.5, 0.6) is 0 Å². The lowest BCUT2D eigenvalue weighted by Crippen LogP contribution is -2.44. The number of methoxy groups -OCH3 is 1. The highest BCUT2D eigenvalue weighted by Crippen LogP contribution is 2.35. The molecule has 1 unspecified atom stereocenters. The first-order valence-electron chi connectivity index (χ1n) is 8.24. The van der Waals surface area contributed by atoms with Crippen molar-refractivity contribution < 1.29 is 19.4 Å². The molecule has 0 amide bonds. The van der Waals surface area contributed by atoms with Crippen LogP contribution in [0.3, 0.4) is 0 Å². The maximum atomic E-state index is 11.3. The largest absolute Gasteiger partial charge is 0.481 e. The molecule has 0 aliphatic carbocycles. The molecule has 0 bridgehead atoms. The fraction of sp³-hybridized carbons (Fsp3) is 0.556. The molecule has 2 rings (SSSR count). The van der Waals surface area contributed by atoms with Crippen LogP contribution in [0.4, 0.5) is 0 Å². The summed E-state index contributed by atoms with van der Waals surface area (Å²) < 4.78 is 11.1. The molecule has 7 heteroatoms. The van der Waals surface area contributed by atoms with Crippen LogP contribution in [0, 0.1) is 0 Å². The number of rotatable bonds is 7. The Morgan fingerprint density at radius 3 is 2.84 bits per heavy atom. The lowest BCUT2D eigenvalue weighted by atomic mass is 10.0. The van der Waals surface area contributed by atoms with Gasteiger partial charge in [0.1, 0.15) is 11.1 Å². The van der Waals surface area contributed by atoms with Gasteiger partial charge in [0.2, 0.25) is 0 Å². The molecule has 1 N–H and O–H groups in total. The van der Waals surface area contributed by atoms with Gasteiger partial charge >= 0.3 is 5.97 Å². The van der Waals surface area contributed by atoms with Crippen molar-refractivity contribution in [2.75, 3.05) is 13.7 Å². The van der Waals surface area contributed by atoms with E-state index < -0.39 is 17.9 Å². The van der Waals surface area contributed by atoms with Crippen LogP contribution in [0.15, 0.2) is 24.3 Å². The zero-order valence-corrected chi connectivity index (χ0v) is 16.3. The van der Waals surface area contributed by atoms with Crippen LogP contribution in [-0.4, -0.2) is 46.5 Å². The Morgan fingerprint density at radius 2 is 2.24 bits per heavy atom. The first kappa shape index (κ1) is 20.1. The van der Waals surface area contributed by atoms with E-state index in [0.717, 1.165) is 24.9 Å². The summed E-state index contributed by atoms with van der Waals surface area (Å²) in [4.78, 5) is 13.8. The molecule has 1 saturated heterocycles. The minimum atomic E-state index is -0.960. The highest BCUT2D eigenvalue weighted by atomic mass is 35.5. The molecule has 5 nitrogen and oxygen atoms in total. The Kier molecular flexibility index (Phi) is 6.79.